The second-order valence-electron chi connectivity index (χ2n) is 4.25. The summed E-state index contributed by atoms with van der Waals surface area (Å²) in [7, 11) is 1.74. The molecule has 0 aliphatic rings. The first-order chi connectivity index (χ1) is 9.38. The Morgan fingerprint density at radius 1 is 1.50 bits per heavy atom. The van der Waals surface area contributed by atoms with E-state index in [1.807, 2.05) is 0 Å². The van der Waals surface area contributed by atoms with E-state index in [1.54, 1.807) is 24.1 Å². The van der Waals surface area contributed by atoms with Crippen molar-refractivity contribution < 1.29 is 19.5 Å². The van der Waals surface area contributed by atoms with Crippen molar-refractivity contribution in [2.24, 2.45) is 12.8 Å². The van der Waals surface area contributed by atoms with Crippen molar-refractivity contribution in [3.8, 4) is 0 Å². The van der Waals surface area contributed by atoms with Gasteiger partial charge in [-0.2, -0.15) is 5.10 Å². The van der Waals surface area contributed by atoms with E-state index in [2.05, 4.69) is 15.7 Å². The number of nitrogens with two attached hydrogens (primary N) is 1. The molecule has 0 radical (unpaired) electrons. The summed E-state index contributed by atoms with van der Waals surface area (Å²) in [6.07, 6.45) is 3.15. The monoisotopic (exact) mass is 283 g/mol. The lowest BCUT2D eigenvalue weighted by molar-refractivity contribution is -0.139. The number of hydrogen-bond donors (Lipinski definition) is 4. The van der Waals surface area contributed by atoms with Gasteiger partial charge in [0.15, 0.2) is 0 Å². The Morgan fingerprint density at radius 3 is 2.70 bits per heavy atom. The number of carboxylic acids is 1. The molecule has 1 aromatic rings. The largest absolute Gasteiger partial charge is 0.480 e. The molecule has 1 rings (SSSR count). The molecule has 0 saturated heterocycles. The summed E-state index contributed by atoms with van der Waals surface area (Å²) in [6.45, 7) is 0.224. The Balaban J connectivity index is 2.41. The maximum absolute atomic E-state index is 11.6. The predicted molar refractivity (Wildman–Crippen MR) is 68.4 cm³/mol. The number of primary amides is 1. The predicted octanol–water partition coefficient (Wildman–Crippen LogP) is -1.06. The molecule has 0 aliphatic carbocycles. The molecular formula is C11H17N5O4. The quantitative estimate of drug-likeness (QED) is 0.505. The smallest absolute Gasteiger partial charge is 0.326 e. The van der Waals surface area contributed by atoms with Crippen LogP contribution >= 0.6 is 0 Å². The molecular weight excluding hydrogens is 266 g/mol. The van der Waals surface area contributed by atoms with Crippen LogP contribution in [0, 0.1) is 0 Å². The fourth-order valence-electron chi connectivity index (χ4n) is 1.50. The number of hydrogen-bond acceptors (Lipinski definition) is 4. The molecule has 0 aromatic carbocycles. The second kappa shape index (κ2) is 7.12. The highest BCUT2D eigenvalue weighted by molar-refractivity contribution is 5.83. The van der Waals surface area contributed by atoms with Crippen molar-refractivity contribution in [3.05, 3.63) is 18.0 Å². The number of carbonyl (C=O) groups excluding carboxylic acids is 2. The molecule has 0 saturated carbocycles. The minimum absolute atomic E-state index is 0.0506. The summed E-state index contributed by atoms with van der Waals surface area (Å²) in [5, 5.41) is 17.6. The Morgan fingerprint density at radius 2 is 2.20 bits per heavy atom. The molecule has 9 nitrogen and oxygen atoms in total. The van der Waals surface area contributed by atoms with Gasteiger partial charge in [-0.1, -0.05) is 0 Å². The van der Waals surface area contributed by atoms with Gasteiger partial charge in [0.2, 0.25) is 5.91 Å². The highest BCUT2D eigenvalue weighted by Crippen LogP contribution is 1.98. The van der Waals surface area contributed by atoms with Gasteiger partial charge in [-0.25, -0.2) is 9.59 Å². The fourth-order valence-corrected chi connectivity index (χ4v) is 1.50. The van der Waals surface area contributed by atoms with Crippen LogP contribution in [0.25, 0.3) is 0 Å². The van der Waals surface area contributed by atoms with E-state index < -0.39 is 23.9 Å². The van der Waals surface area contributed by atoms with E-state index in [0.717, 1.165) is 5.56 Å². The van der Waals surface area contributed by atoms with Gasteiger partial charge >= 0.3 is 12.0 Å². The third-order valence-corrected chi connectivity index (χ3v) is 2.49. The molecule has 0 unspecified atom stereocenters. The van der Waals surface area contributed by atoms with Crippen molar-refractivity contribution in [1.29, 1.82) is 0 Å². The molecule has 0 spiro atoms. The summed E-state index contributed by atoms with van der Waals surface area (Å²) >= 11 is 0. The minimum Gasteiger partial charge on any atom is -0.480 e. The molecule has 0 fully saturated rings. The zero-order valence-electron chi connectivity index (χ0n) is 11.0. The van der Waals surface area contributed by atoms with Crippen molar-refractivity contribution >= 4 is 17.9 Å². The van der Waals surface area contributed by atoms with E-state index >= 15 is 0 Å². The van der Waals surface area contributed by atoms with Gasteiger partial charge in [-0.15, -0.1) is 0 Å². The summed E-state index contributed by atoms with van der Waals surface area (Å²) in [6, 6.07) is -1.79. The zero-order chi connectivity index (χ0) is 15.1. The Hall–Kier alpha value is -2.58. The van der Waals surface area contributed by atoms with Crippen LogP contribution in [0.3, 0.4) is 0 Å². The third kappa shape index (κ3) is 5.38. The van der Waals surface area contributed by atoms with Gasteiger partial charge < -0.3 is 21.5 Å². The standard InChI is InChI=1S/C11H17N5O4/c1-16-6-7(5-14-16)4-13-11(20)15-8(10(18)19)2-3-9(12)17/h5-6,8H,2-4H2,1H3,(H2,12,17)(H,18,19)(H2,13,15,20)/t8-/m0/s1. The lowest BCUT2D eigenvalue weighted by atomic mass is 10.1. The van der Waals surface area contributed by atoms with E-state index in [4.69, 9.17) is 10.8 Å². The molecule has 0 bridgehead atoms. The first-order valence-corrected chi connectivity index (χ1v) is 5.91. The normalized spacial score (nSPS) is 11.7. The maximum Gasteiger partial charge on any atom is 0.326 e. The van der Waals surface area contributed by atoms with Gasteiger partial charge in [-0.05, 0) is 6.42 Å². The lowest BCUT2D eigenvalue weighted by Gasteiger charge is -2.14. The SMILES string of the molecule is Cn1cc(CNC(=O)N[C@@H](CCC(N)=O)C(=O)O)cn1. The molecule has 20 heavy (non-hydrogen) atoms. The third-order valence-electron chi connectivity index (χ3n) is 2.49. The number of rotatable bonds is 7. The van der Waals surface area contributed by atoms with Crippen LogP contribution in [0.15, 0.2) is 12.4 Å². The number of carbonyl (C=O) groups is 3. The number of aryl methyl sites for hydroxylation is 1. The number of nitrogens with zero attached hydrogens (tertiary/aromatic N) is 2. The van der Waals surface area contributed by atoms with Gasteiger partial charge in [0, 0.05) is 31.8 Å². The van der Waals surface area contributed by atoms with Gasteiger partial charge in [0.05, 0.1) is 6.20 Å². The van der Waals surface area contributed by atoms with Crippen LogP contribution in [-0.4, -0.2) is 38.8 Å². The van der Waals surface area contributed by atoms with Crippen LogP contribution in [0.1, 0.15) is 18.4 Å². The van der Waals surface area contributed by atoms with E-state index in [1.165, 1.54) is 0 Å². The van der Waals surface area contributed by atoms with Crippen LogP contribution in [0.4, 0.5) is 4.79 Å². The number of amides is 3. The minimum atomic E-state index is -1.22. The number of carboxylic acid groups (broad SMARTS) is 1. The van der Waals surface area contributed by atoms with Gasteiger partial charge in [0.25, 0.3) is 0 Å². The number of aromatic nitrogens is 2. The average Bonchev–Trinajstić information content (AvgIpc) is 2.77. The first kappa shape index (κ1) is 15.5. The van der Waals surface area contributed by atoms with Crippen molar-refractivity contribution in [2.75, 3.05) is 0 Å². The van der Waals surface area contributed by atoms with Gasteiger partial charge in [-0.3, -0.25) is 9.48 Å². The number of aliphatic carboxylic acids is 1. The molecule has 9 heteroatoms. The van der Waals surface area contributed by atoms with Crippen molar-refractivity contribution in [3.63, 3.8) is 0 Å². The topological polar surface area (TPSA) is 139 Å². The van der Waals surface area contributed by atoms with E-state index in [0.29, 0.717) is 0 Å². The van der Waals surface area contributed by atoms with Crippen LogP contribution in [-0.2, 0) is 23.2 Å². The lowest BCUT2D eigenvalue weighted by Crippen LogP contribution is -2.46. The van der Waals surface area contributed by atoms with E-state index in [-0.39, 0.29) is 19.4 Å². The number of urea groups is 1. The van der Waals surface area contributed by atoms with Crippen LogP contribution in [0.2, 0.25) is 0 Å². The molecule has 1 aromatic heterocycles. The molecule has 3 amide bonds. The second-order valence-corrected chi connectivity index (χ2v) is 4.25. The Bertz CT molecular complexity index is 499. The maximum atomic E-state index is 11.6. The highest BCUT2D eigenvalue weighted by Gasteiger charge is 2.20. The number of nitrogens with one attached hydrogen (secondary N) is 2. The van der Waals surface area contributed by atoms with Crippen LogP contribution < -0.4 is 16.4 Å². The summed E-state index contributed by atoms with van der Waals surface area (Å²) in [5.41, 5.74) is 5.72. The van der Waals surface area contributed by atoms with E-state index in [9.17, 15) is 14.4 Å². The van der Waals surface area contributed by atoms with Crippen LogP contribution in [0.5, 0.6) is 0 Å². The molecule has 0 aliphatic heterocycles. The summed E-state index contributed by atoms with van der Waals surface area (Å²) in [5.74, 6) is -1.84. The van der Waals surface area contributed by atoms with Gasteiger partial charge in [0.1, 0.15) is 6.04 Å². The highest BCUT2D eigenvalue weighted by atomic mass is 16.4. The fraction of sp³-hybridized carbons (Fsp3) is 0.455. The molecule has 5 N–H and O–H groups in total. The summed E-state index contributed by atoms with van der Waals surface area (Å²) in [4.78, 5) is 33.1. The van der Waals surface area contributed by atoms with Crippen molar-refractivity contribution in [1.82, 2.24) is 20.4 Å². The summed E-state index contributed by atoms with van der Waals surface area (Å²) < 4.78 is 1.59. The van der Waals surface area contributed by atoms with Crippen molar-refractivity contribution in [2.45, 2.75) is 25.4 Å². The Labute approximate surface area is 115 Å². The Kier molecular flexibility index (Phi) is 5.51. The average molecular weight is 283 g/mol. The zero-order valence-corrected chi connectivity index (χ0v) is 11.0. The first-order valence-electron chi connectivity index (χ1n) is 5.91. The molecule has 1 heterocycles. The molecule has 1 atom stereocenters. The molecule has 110 valence electrons.